The third-order valence-electron chi connectivity index (χ3n) is 4.51. The maximum atomic E-state index is 4.77. The van der Waals surface area contributed by atoms with Crippen LogP contribution in [0.5, 0.6) is 0 Å². The van der Waals surface area contributed by atoms with Gasteiger partial charge in [-0.2, -0.15) is 5.10 Å². The van der Waals surface area contributed by atoms with E-state index in [0.29, 0.717) is 18.5 Å². The van der Waals surface area contributed by atoms with Gasteiger partial charge < -0.3 is 15.5 Å². The molecule has 2 aromatic rings. The van der Waals surface area contributed by atoms with Gasteiger partial charge in [0.1, 0.15) is 12.1 Å². The first-order valence-corrected chi connectivity index (χ1v) is 8.90. The molecule has 1 aliphatic heterocycles. The lowest BCUT2D eigenvalue weighted by Gasteiger charge is -2.23. The van der Waals surface area contributed by atoms with Crippen LogP contribution in [0.1, 0.15) is 27.2 Å². The second-order valence-electron chi connectivity index (χ2n) is 7.23. The standard InChI is InChI=1S/C17H28N8.HI/c1-5-18-16(25-9-6-17(2,3)11-25)20-8-7-19-14-13-10-23-24(4)15(13)22-12-21-14;/h10,12H,5-9,11H2,1-4H3,(H,18,20)(H,19,21,22);1H. The van der Waals surface area contributed by atoms with Crippen molar-refractivity contribution in [1.29, 1.82) is 0 Å². The van der Waals surface area contributed by atoms with Gasteiger partial charge in [-0.1, -0.05) is 13.8 Å². The van der Waals surface area contributed by atoms with E-state index in [2.05, 4.69) is 51.4 Å². The zero-order chi connectivity index (χ0) is 17.9. The molecule has 0 aliphatic carbocycles. The Morgan fingerprint density at radius 3 is 2.85 bits per heavy atom. The summed E-state index contributed by atoms with van der Waals surface area (Å²) < 4.78 is 1.75. The van der Waals surface area contributed by atoms with Gasteiger partial charge in [0.2, 0.25) is 0 Å². The fourth-order valence-electron chi connectivity index (χ4n) is 3.16. The molecule has 0 amide bonds. The molecule has 144 valence electrons. The Morgan fingerprint density at radius 2 is 2.15 bits per heavy atom. The lowest BCUT2D eigenvalue weighted by atomic mass is 9.93. The average Bonchev–Trinajstić information content (AvgIpc) is 3.14. The smallest absolute Gasteiger partial charge is 0.193 e. The molecule has 26 heavy (non-hydrogen) atoms. The molecule has 0 unspecified atom stereocenters. The number of nitrogens with one attached hydrogen (secondary N) is 2. The molecule has 8 nitrogen and oxygen atoms in total. The summed E-state index contributed by atoms with van der Waals surface area (Å²) in [5.41, 5.74) is 1.19. The van der Waals surface area contributed by atoms with Gasteiger partial charge in [0, 0.05) is 33.2 Å². The van der Waals surface area contributed by atoms with Crippen molar-refractivity contribution in [1.82, 2.24) is 30.0 Å². The second-order valence-corrected chi connectivity index (χ2v) is 7.23. The van der Waals surface area contributed by atoms with Crippen LogP contribution in [0.15, 0.2) is 17.5 Å². The van der Waals surface area contributed by atoms with E-state index in [4.69, 9.17) is 4.99 Å². The highest BCUT2D eigenvalue weighted by molar-refractivity contribution is 14.0. The number of hydrogen-bond donors (Lipinski definition) is 2. The molecule has 0 atom stereocenters. The number of aromatic nitrogens is 4. The topological polar surface area (TPSA) is 83.3 Å². The summed E-state index contributed by atoms with van der Waals surface area (Å²) in [5, 5.41) is 11.9. The van der Waals surface area contributed by atoms with Crippen LogP contribution < -0.4 is 10.6 Å². The van der Waals surface area contributed by atoms with Crippen molar-refractivity contribution in [2.45, 2.75) is 27.2 Å². The van der Waals surface area contributed by atoms with E-state index in [1.165, 1.54) is 6.42 Å². The summed E-state index contributed by atoms with van der Waals surface area (Å²) in [6.07, 6.45) is 4.55. The quantitative estimate of drug-likeness (QED) is 0.300. The fourth-order valence-corrected chi connectivity index (χ4v) is 3.16. The van der Waals surface area contributed by atoms with E-state index >= 15 is 0 Å². The molecule has 0 radical (unpaired) electrons. The number of aryl methyl sites for hydroxylation is 1. The van der Waals surface area contributed by atoms with Crippen LogP contribution in [0.2, 0.25) is 0 Å². The summed E-state index contributed by atoms with van der Waals surface area (Å²) in [4.78, 5) is 15.7. The van der Waals surface area contributed by atoms with Crippen molar-refractivity contribution in [3.8, 4) is 0 Å². The van der Waals surface area contributed by atoms with Crippen molar-refractivity contribution in [3.63, 3.8) is 0 Å². The lowest BCUT2D eigenvalue weighted by Crippen LogP contribution is -2.41. The van der Waals surface area contributed by atoms with Gasteiger partial charge in [-0.3, -0.25) is 9.67 Å². The summed E-state index contributed by atoms with van der Waals surface area (Å²) >= 11 is 0. The SMILES string of the molecule is CCNC(=NCCNc1ncnc2c1cnn2C)N1CCC(C)(C)C1.I. The second kappa shape index (κ2) is 8.83. The molecule has 2 N–H and O–H groups in total. The molecular weight excluding hydrogens is 443 g/mol. The Morgan fingerprint density at radius 1 is 1.35 bits per heavy atom. The van der Waals surface area contributed by atoms with Crippen LogP contribution in [-0.4, -0.2) is 63.3 Å². The predicted molar refractivity (Wildman–Crippen MR) is 116 cm³/mol. The minimum atomic E-state index is 0. The van der Waals surface area contributed by atoms with Crippen molar-refractivity contribution < 1.29 is 0 Å². The number of halogens is 1. The maximum absolute atomic E-state index is 4.77. The number of nitrogens with zero attached hydrogens (tertiary/aromatic N) is 6. The highest BCUT2D eigenvalue weighted by Crippen LogP contribution is 2.28. The lowest BCUT2D eigenvalue weighted by molar-refractivity contribution is 0.370. The van der Waals surface area contributed by atoms with E-state index in [-0.39, 0.29) is 24.0 Å². The van der Waals surface area contributed by atoms with Gasteiger partial charge in [0.25, 0.3) is 0 Å². The van der Waals surface area contributed by atoms with E-state index in [1.807, 2.05) is 7.05 Å². The summed E-state index contributed by atoms with van der Waals surface area (Å²) in [6, 6.07) is 0. The summed E-state index contributed by atoms with van der Waals surface area (Å²) in [6.45, 7) is 11.1. The Kier molecular flexibility index (Phi) is 7.01. The third-order valence-corrected chi connectivity index (χ3v) is 4.51. The highest BCUT2D eigenvalue weighted by Gasteiger charge is 2.30. The van der Waals surface area contributed by atoms with Gasteiger partial charge in [-0.05, 0) is 18.8 Å². The Bertz CT molecular complexity index is 754. The van der Waals surface area contributed by atoms with Crippen molar-refractivity contribution in [3.05, 3.63) is 12.5 Å². The first kappa shape index (κ1) is 20.7. The van der Waals surface area contributed by atoms with Gasteiger partial charge in [0.15, 0.2) is 11.6 Å². The van der Waals surface area contributed by atoms with Gasteiger partial charge in [-0.25, -0.2) is 9.97 Å². The number of fused-ring (bicyclic) bond motifs is 1. The molecule has 0 saturated carbocycles. The maximum Gasteiger partial charge on any atom is 0.193 e. The van der Waals surface area contributed by atoms with Gasteiger partial charge >= 0.3 is 0 Å². The molecule has 1 fully saturated rings. The molecule has 1 aliphatic rings. The van der Waals surface area contributed by atoms with E-state index in [9.17, 15) is 0 Å². The van der Waals surface area contributed by atoms with Crippen LogP contribution in [0.4, 0.5) is 5.82 Å². The van der Waals surface area contributed by atoms with E-state index in [1.54, 1.807) is 17.2 Å². The van der Waals surface area contributed by atoms with Crippen LogP contribution in [0.3, 0.4) is 0 Å². The number of likely N-dealkylation sites (tertiary alicyclic amines) is 1. The van der Waals surface area contributed by atoms with E-state index in [0.717, 1.165) is 42.4 Å². The Balaban J connectivity index is 0.00000243. The molecule has 9 heteroatoms. The molecule has 1 saturated heterocycles. The van der Waals surface area contributed by atoms with Crippen molar-refractivity contribution in [2.24, 2.45) is 17.5 Å². The summed E-state index contributed by atoms with van der Waals surface area (Å²) in [7, 11) is 1.88. The monoisotopic (exact) mass is 472 g/mol. The number of hydrogen-bond acceptors (Lipinski definition) is 5. The zero-order valence-corrected chi connectivity index (χ0v) is 18.3. The fraction of sp³-hybridized carbons (Fsp3) is 0.647. The highest BCUT2D eigenvalue weighted by atomic mass is 127. The van der Waals surface area contributed by atoms with Crippen LogP contribution in [0.25, 0.3) is 11.0 Å². The average molecular weight is 472 g/mol. The number of aliphatic imine (C=N–C) groups is 1. The minimum Gasteiger partial charge on any atom is -0.367 e. The van der Waals surface area contributed by atoms with E-state index < -0.39 is 0 Å². The largest absolute Gasteiger partial charge is 0.367 e. The number of anilines is 1. The first-order valence-electron chi connectivity index (χ1n) is 8.90. The molecule has 2 aromatic heterocycles. The van der Waals surface area contributed by atoms with Gasteiger partial charge in [0.05, 0.1) is 18.1 Å². The van der Waals surface area contributed by atoms with Crippen molar-refractivity contribution in [2.75, 3.05) is 38.0 Å². The van der Waals surface area contributed by atoms with Crippen LogP contribution in [0, 0.1) is 5.41 Å². The third kappa shape index (κ3) is 4.74. The Hall–Kier alpha value is -1.65. The molecule has 3 heterocycles. The van der Waals surface area contributed by atoms with Gasteiger partial charge in [-0.15, -0.1) is 24.0 Å². The number of rotatable bonds is 5. The number of guanidine groups is 1. The molecule has 3 rings (SSSR count). The normalized spacial score (nSPS) is 16.6. The van der Waals surface area contributed by atoms with Crippen LogP contribution in [-0.2, 0) is 7.05 Å². The zero-order valence-electron chi connectivity index (χ0n) is 16.0. The molecular formula is C17H29IN8. The van der Waals surface area contributed by atoms with Crippen LogP contribution >= 0.6 is 24.0 Å². The Labute approximate surface area is 171 Å². The molecule has 0 aromatic carbocycles. The molecule has 0 spiro atoms. The summed E-state index contributed by atoms with van der Waals surface area (Å²) in [5.74, 6) is 1.81. The first-order chi connectivity index (χ1) is 12.0. The van der Waals surface area contributed by atoms with Crippen molar-refractivity contribution >= 4 is 46.8 Å². The predicted octanol–water partition coefficient (Wildman–Crippen LogP) is 2.09. The molecule has 0 bridgehead atoms. The minimum absolute atomic E-state index is 0.